The normalized spacial score (nSPS) is 18.0. The standard InChI is InChI=1S/C24H33N3O2S/c1-4-19(3)30-22-10-11-23(18(2)14-22)26-24(28)25-15-21-17-27(12-13-29-21)16-20-8-6-5-7-9-20/h5-11,14,19,21H,4,12-13,15-17H2,1-3H3,(H2,25,26,28). The second kappa shape index (κ2) is 11.4. The van der Waals surface area contributed by atoms with Crippen molar-refractivity contribution in [2.45, 2.75) is 50.0 Å². The Morgan fingerprint density at radius 1 is 1.27 bits per heavy atom. The minimum atomic E-state index is -0.191. The number of nitrogens with one attached hydrogen (secondary N) is 2. The molecule has 0 spiro atoms. The molecule has 0 bridgehead atoms. The number of urea groups is 1. The fraction of sp³-hybridized carbons (Fsp3) is 0.458. The molecule has 3 rings (SSSR count). The summed E-state index contributed by atoms with van der Waals surface area (Å²) in [6.07, 6.45) is 1.14. The molecular weight excluding hydrogens is 394 g/mol. The van der Waals surface area contributed by atoms with Crippen molar-refractivity contribution in [3.8, 4) is 0 Å². The third kappa shape index (κ3) is 7.04. The number of anilines is 1. The number of rotatable bonds is 8. The van der Waals surface area contributed by atoms with E-state index in [1.54, 1.807) is 0 Å². The summed E-state index contributed by atoms with van der Waals surface area (Å²) >= 11 is 1.87. The zero-order chi connectivity index (χ0) is 21.3. The quantitative estimate of drug-likeness (QED) is 0.588. The Balaban J connectivity index is 1.45. The van der Waals surface area contributed by atoms with Crippen LogP contribution in [0.2, 0.25) is 0 Å². The number of hydrogen-bond donors (Lipinski definition) is 2. The van der Waals surface area contributed by atoms with Gasteiger partial charge in [0, 0.05) is 42.0 Å². The van der Waals surface area contributed by atoms with Gasteiger partial charge < -0.3 is 15.4 Å². The average molecular weight is 428 g/mol. The zero-order valence-corrected chi connectivity index (χ0v) is 19.0. The van der Waals surface area contributed by atoms with Crippen LogP contribution in [-0.2, 0) is 11.3 Å². The molecule has 1 aliphatic heterocycles. The summed E-state index contributed by atoms with van der Waals surface area (Å²) in [5.74, 6) is 0. The van der Waals surface area contributed by atoms with Gasteiger partial charge in [-0.25, -0.2) is 4.79 Å². The second-order valence-electron chi connectivity index (χ2n) is 7.86. The topological polar surface area (TPSA) is 53.6 Å². The van der Waals surface area contributed by atoms with Gasteiger partial charge >= 0.3 is 6.03 Å². The zero-order valence-electron chi connectivity index (χ0n) is 18.2. The van der Waals surface area contributed by atoms with E-state index in [2.05, 4.69) is 65.8 Å². The van der Waals surface area contributed by atoms with E-state index in [4.69, 9.17) is 4.74 Å². The first-order chi connectivity index (χ1) is 14.5. The number of hydrogen-bond acceptors (Lipinski definition) is 4. The molecule has 2 aromatic carbocycles. The van der Waals surface area contributed by atoms with Gasteiger partial charge in [-0.3, -0.25) is 4.90 Å². The van der Waals surface area contributed by atoms with E-state index in [1.807, 2.05) is 30.8 Å². The SMILES string of the molecule is CCC(C)Sc1ccc(NC(=O)NCC2CN(Cc3ccccc3)CCO2)c(C)c1. The van der Waals surface area contributed by atoms with Crippen molar-refractivity contribution < 1.29 is 9.53 Å². The molecule has 6 heteroatoms. The molecule has 0 saturated carbocycles. The Kier molecular flexibility index (Phi) is 8.61. The first kappa shape index (κ1) is 22.7. The lowest BCUT2D eigenvalue weighted by Gasteiger charge is -2.33. The third-order valence-corrected chi connectivity index (χ3v) is 6.58. The van der Waals surface area contributed by atoms with Gasteiger partial charge in [-0.2, -0.15) is 0 Å². The molecule has 1 fully saturated rings. The van der Waals surface area contributed by atoms with Gasteiger partial charge in [0.25, 0.3) is 0 Å². The molecule has 0 aliphatic carbocycles. The van der Waals surface area contributed by atoms with Crippen molar-refractivity contribution in [3.05, 3.63) is 59.7 Å². The molecule has 2 atom stereocenters. The summed E-state index contributed by atoms with van der Waals surface area (Å²) in [7, 11) is 0. The Bertz CT molecular complexity index is 815. The molecule has 0 radical (unpaired) electrons. The molecule has 2 N–H and O–H groups in total. The summed E-state index contributed by atoms with van der Waals surface area (Å²) in [6, 6.07) is 16.5. The van der Waals surface area contributed by atoms with Gasteiger partial charge in [0.15, 0.2) is 0 Å². The predicted octanol–water partition coefficient (Wildman–Crippen LogP) is 4.91. The fourth-order valence-electron chi connectivity index (χ4n) is 3.43. The lowest BCUT2D eigenvalue weighted by atomic mass is 10.2. The minimum Gasteiger partial charge on any atom is -0.374 e. The maximum atomic E-state index is 12.4. The highest BCUT2D eigenvalue weighted by Crippen LogP contribution is 2.28. The molecule has 0 aromatic heterocycles. The largest absolute Gasteiger partial charge is 0.374 e. The van der Waals surface area contributed by atoms with Crippen LogP contribution in [0, 0.1) is 6.92 Å². The first-order valence-corrected chi connectivity index (χ1v) is 11.6. The molecule has 2 unspecified atom stereocenters. The maximum absolute atomic E-state index is 12.4. The number of morpholine rings is 1. The molecule has 1 saturated heterocycles. The van der Waals surface area contributed by atoms with Crippen LogP contribution in [0.4, 0.5) is 10.5 Å². The van der Waals surface area contributed by atoms with Crippen LogP contribution in [-0.4, -0.2) is 48.5 Å². The van der Waals surface area contributed by atoms with Crippen LogP contribution in [0.15, 0.2) is 53.4 Å². The predicted molar refractivity (Wildman–Crippen MR) is 125 cm³/mol. The van der Waals surface area contributed by atoms with Crippen LogP contribution in [0.3, 0.4) is 0 Å². The smallest absolute Gasteiger partial charge is 0.319 e. The molecule has 5 nitrogen and oxygen atoms in total. The number of benzene rings is 2. The number of amides is 2. The number of ether oxygens (including phenoxy) is 1. The number of nitrogens with zero attached hydrogens (tertiary/aromatic N) is 1. The Hall–Kier alpha value is -2.02. The minimum absolute atomic E-state index is 0.00335. The summed E-state index contributed by atoms with van der Waals surface area (Å²) in [4.78, 5) is 16.0. The lowest BCUT2D eigenvalue weighted by Crippen LogP contribution is -2.47. The van der Waals surface area contributed by atoms with Crippen molar-refractivity contribution in [2.24, 2.45) is 0 Å². The van der Waals surface area contributed by atoms with Crippen molar-refractivity contribution in [1.82, 2.24) is 10.2 Å². The van der Waals surface area contributed by atoms with E-state index in [0.717, 1.165) is 37.3 Å². The summed E-state index contributed by atoms with van der Waals surface area (Å²) in [5.41, 5.74) is 3.21. The molecule has 2 aromatic rings. The second-order valence-corrected chi connectivity index (χ2v) is 9.37. The molecule has 1 aliphatic rings. The van der Waals surface area contributed by atoms with Gasteiger partial charge in [-0.1, -0.05) is 44.2 Å². The van der Waals surface area contributed by atoms with Crippen molar-refractivity contribution >= 4 is 23.5 Å². The molecule has 2 amide bonds. The molecule has 1 heterocycles. The van der Waals surface area contributed by atoms with E-state index in [0.29, 0.717) is 18.4 Å². The molecule has 30 heavy (non-hydrogen) atoms. The summed E-state index contributed by atoms with van der Waals surface area (Å²) in [5, 5.41) is 6.51. The van der Waals surface area contributed by atoms with E-state index in [9.17, 15) is 4.79 Å². The van der Waals surface area contributed by atoms with Crippen molar-refractivity contribution in [2.75, 3.05) is 31.6 Å². The number of thioether (sulfide) groups is 1. The highest BCUT2D eigenvalue weighted by Gasteiger charge is 2.21. The van der Waals surface area contributed by atoms with Gasteiger partial charge in [0.1, 0.15) is 0 Å². The van der Waals surface area contributed by atoms with Gasteiger partial charge in [-0.15, -0.1) is 11.8 Å². The Labute approximate surface area is 184 Å². The maximum Gasteiger partial charge on any atom is 0.319 e. The number of carbonyl (C=O) groups excluding carboxylic acids is 1. The average Bonchev–Trinajstić information content (AvgIpc) is 2.75. The van der Waals surface area contributed by atoms with E-state index >= 15 is 0 Å². The monoisotopic (exact) mass is 427 g/mol. The van der Waals surface area contributed by atoms with Crippen LogP contribution in [0.25, 0.3) is 0 Å². The van der Waals surface area contributed by atoms with E-state index in [1.165, 1.54) is 10.5 Å². The fourth-order valence-corrected chi connectivity index (χ4v) is 4.45. The Morgan fingerprint density at radius 3 is 2.80 bits per heavy atom. The first-order valence-electron chi connectivity index (χ1n) is 10.7. The number of aryl methyl sites for hydroxylation is 1. The molecular formula is C24H33N3O2S. The highest BCUT2D eigenvalue weighted by molar-refractivity contribution is 7.99. The number of carbonyl (C=O) groups is 1. The summed E-state index contributed by atoms with van der Waals surface area (Å²) in [6.45, 7) is 10.3. The van der Waals surface area contributed by atoms with Gasteiger partial charge in [-0.05, 0) is 42.7 Å². The van der Waals surface area contributed by atoms with E-state index in [-0.39, 0.29) is 12.1 Å². The van der Waals surface area contributed by atoms with Crippen LogP contribution < -0.4 is 10.6 Å². The molecule has 162 valence electrons. The van der Waals surface area contributed by atoms with Crippen molar-refractivity contribution in [3.63, 3.8) is 0 Å². The summed E-state index contributed by atoms with van der Waals surface area (Å²) < 4.78 is 5.85. The van der Waals surface area contributed by atoms with Crippen LogP contribution in [0.5, 0.6) is 0 Å². The Morgan fingerprint density at radius 2 is 2.07 bits per heavy atom. The van der Waals surface area contributed by atoms with Crippen LogP contribution >= 0.6 is 11.8 Å². The van der Waals surface area contributed by atoms with Gasteiger partial charge in [0.2, 0.25) is 0 Å². The third-order valence-electron chi connectivity index (χ3n) is 5.32. The van der Waals surface area contributed by atoms with Gasteiger partial charge in [0.05, 0.1) is 12.7 Å². The van der Waals surface area contributed by atoms with E-state index < -0.39 is 0 Å². The lowest BCUT2D eigenvalue weighted by molar-refractivity contribution is -0.0285. The van der Waals surface area contributed by atoms with Crippen LogP contribution in [0.1, 0.15) is 31.4 Å². The highest BCUT2D eigenvalue weighted by atomic mass is 32.2. The van der Waals surface area contributed by atoms with Crippen molar-refractivity contribution in [1.29, 1.82) is 0 Å².